The Kier molecular flexibility index (Phi) is 6.14. The number of hydrogen-bond donors (Lipinski definition) is 1. The van der Waals surface area contributed by atoms with Crippen LogP contribution in [0.5, 0.6) is 0 Å². The van der Waals surface area contributed by atoms with Gasteiger partial charge < -0.3 is 5.11 Å². The van der Waals surface area contributed by atoms with Crippen molar-refractivity contribution in [3.8, 4) is 11.3 Å². The number of alkyl halides is 3. The Morgan fingerprint density at radius 1 is 1.06 bits per heavy atom. The average molecular weight is 505 g/mol. The summed E-state index contributed by atoms with van der Waals surface area (Å²) in [5.41, 5.74) is -1.34. The van der Waals surface area contributed by atoms with Crippen LogP contribution in [0, 0.1) is 5.82 Å². The third-order valence-electron chi connectivity index (χ3n) is 5.56. The van der Waals surface area contributed by atoms with Gasteiger partial charge in [0, 0.05) is 5.56 Å². The van der Waals surface area contributed by atoms with E-state index in [-0.39, 0.29) is 28.1 Å². The lowest BCUT2D eigenvalue weighted by Gasteiger charge is -2.13. The minimum absolute atomic E-state index is 0.0223. The number of nitrogens with zero attached hydrogens (tertiary/aromatic N) is 2. The maximum Gasteiger partial charge on any atom is 0.417 e. The highest BCUT2D eigenvalue weighted by Crippen LogP contribution is 2.37. The van der Waals surface area contributed by atoms with E-state index in [1.54, 1.807) is 13.8 Å². The Labute approximate surface area is 201 Å². The van der Waals surface area contributed by atoms with Gasteiger partial charge in [-0.05, 0) is 47.9 Å². The molecular formula is C25H17ClF4N2O3. The number of rotatable bonds is 4. The van der Waals surface area contributed by atoms with Gasteiger partial charge in [0.1, 0.15) is 11.5 Å². The van der Waals surface area contributed by atoms with Crippen LogP contribution in [0.2, 0.25) is 5.02 Å². The molecule has 0 unspecified atom stereocenters. The molecule has 0 atom stereocenters. The highest BCUT2D eigenvalue weighted by atomic mass is 35.5. The number of fused-ring (bicyclic) bond motifs is 1. The summed E-state index contributed by atoms with van der Waals surface area (Å²) in [7, 11) is 0. The van der Waals surface area contributed by atoms with Gasteiger partial charge in [0.2, 0.25) is 0 Å². The van der Waals surface area contributed by atoms with Gasteiger partial charge in [-0.2, -0.15) is 23.0 Å². The van der Waals surface area contributed by atoms with Gasteiger partial charge in [0.25, 0.3) is 5.91 Å². The smallest absolute Gasteiger partial charge is 0.417 e. The van der Waals surface area contributed by atoms with Crippen LogP contribution in [0.3, 0.4) is 0 Å². The fourth-order valence-corrected chi connectivity index (χ4v) is 4.21. The molecule has 1 N–H and O–H groups in total. The molecule has 0 radical (unpaired) electrons. The Hall–Kier alpha value is -3.72. The summed E-state index contributed by atoms with van der Waals surface area (Å²) in [6.45, 7) is 3.56. The van der Waals surface area contributed by atoms with Crippen molar-refractivity contribution in [3.63, 3.8) is 0 Å². The lowest BCUT2D eigenvalue weighted by atomic mass is 9.93. The molecule has 0 aliphatic rings. The van der Waals surface area contributed by atoms with E-state index in [0.29, 0.717) is 15.8 Å². The van der Waals surface area contributed by atoms with Crippen LogP contribution in [0.15, 0.2) is 54.6 Å². The quantitative estimate of drug-likeness (QED) is 0.303. The zero-order valence-electron chi connectivity index (χ0n) is 18.3. The molecule has 4 rings (SSSR count). The van der Waals surface area contributed by atoms with Crippen molar-refractivity contribution in [2.24, 2.45) is 0 Å². The largest absolute Gasteiger partial charge is 0.478 e. The molecule has 1 heterocycles. The van der Waals surface area contributed by atoms with Gasteiger partial charge >= 0.3 is 12.1 Å². The molecule has 10 heteroatoms. The van der Waals surface area contributed by atoms with Crippen LogP contribution >= 0.6 is 11.6 Å². The maximum atomic E-state index is 15.0. The first-order chi connectivity index (χ1) is 16.4. The van der Waals surface area contributed by atoms with E-state index in [9.17, 15) is 32.3 Å². The summed E-state index contributed by atoms with van der Waals surface area (Å²) < 4.78 is 56.5. The standard InChI is InChI=1S/C25H17ClF4N2O3/c1-12(2)15-11-13(9-10-14(15)24(34)35)22-21-18(27)7-4-8-19(21)32(31-22)23(33)20-16(25(28,29)30)5-3-6-17(20)26/h3-12H,1-2H3,(H,34,35). The lowest BCUT2D eigenvalue weighted by molar-refractivity contribution is -0.137. The van der Waals surface area contributed by atoms with E-state index in [2.05, 4.69) is 5.10 Å². The van der Waals surface area contributed by atoms with E-state index in [0.717, 1.165) is 24.3 Å². The number of benzene rings is 3. The minimum Gasteiger partial charge on any atom is -0.478 e. The van der Waals surface area contributed by atoms with Crippen molar-refractivity contribution in [2.75, 3.05) is 0 Å². The first-order valence-corrected chi connectivity index (χ1v) is 10.7. The van der Waals surface area contributed by atoms with Crippen LogP contribution in [0.1, 0.15) is 51.6 Å². The Morgan fingerprint density at radius 2 is 1.74 bits per heavy atom. The van der Waals surface area contributed by atoms with E-state index < -0.39 is 40.0 Å². The Bertz CT molecular complexity index is 1490. The molecule has 5 nitrogen and oxygen atoms in total. The third kappa shape index (κ3) is 4.27. The molecule has 0 aliphatic heterocycles. The fourth-order valence-electron chi connectivity index (χ4n) is 3.95. The van der Waals surface area contributed by atoms with Crippen LogP contribution in [-0.4, -0.2) is 26.8 Å². The highest BCUT2D eigenvalue weighted by Gasteiger charge is 2.37. The van der Waals surface area contributed by atoms with Crippen molar-refractivity contribution in [1.29, 1.82) is 0 Å². The molecule has 3 aromatic carbocycles. The van der Waals surface area contributed by atoms with Crippen LogP contribution in [0.4, 0.5) is 17.6 Å². The minimum atomic E-state index is -4.87. The van der Waals surface area contributed by atoms with Gasteiger partial charge in [-0.3, -0.25) is 4.79 Å². The van der Waals surface area contributed by atoms with E-state index >= 15 is 0 Å². The van der Waals surface area contributed by atoms with Crippen LogP contribution < -0.4 is 0 Å². The van der Waals surface area contributed by atoms with E-state index in [1.165, 1.54) is 30.3 Å². The van der Waals surface area contributed by atoms with Crippen molar-refractivity contribution in [2.45, 2.75) is 25.9 Å². The van der Waals surface area contributed by atoms with Crippen molar-refractivity contribution < 1.29 is 32.3 Å². The summed E-state index contributed by atoms with van der Waals surface area (Å²) in [5.74, 6) is -3.29. The lowest BCUT2D eigenvalue weighted by Crippen LogP contribution is -2.20. The molecule has 0 aliphatic carbocycles. The second-order valence-corrected chi connectivity index (χ2v) is 8.53. The Morgan fingerprint density at radius 3 is 2.37 bits per heavy atom. The SMILES string of the molecule is CC(C)c1cc(-c2nn(C(=O)c3c(Cl)cccc3C(F)(F)F)c3cccc(F)c23)ccc1C(=O)O. The number of carbonyl (C=O) groups excluding carboxylic acids is 1. The molecular weight excluding hydrogens is 488 g/mol. The fraction of sp³-hybridized carbons (Fsp3) is 0.160. The maximum absolute atomic E-state index is 15.0. The molecule has 1 aromatic heterocycles. The number of halogens is 5. The highest BCUT2D eigenvalue weighted by molar-refractivity contribution is 6.34. The average Bonchev–Trinajstić information content (AvgIpc) is 3.18. The number of aromatic carboxylic acids is 1. The summed E-state index contributed by atoms with van der Waals surface area (Å²) in [6, 6.07) is 11.0. The second kappa shape index (κ2) is 8.81. The van der Waals surface area contributed by atoms with Gasteiger partial charge in [-0.15, -0.1) is 0 Å². The predicted molar refractivity (Wildman–Crippen MR) is 122 cm³/mol. The first-order valence-electron chi connectivity index (χ1n) is 10.4. The molecule has 0 saturated heterocycles. The van der Waals surface area contributed by atoms with Gasteiger partial charge in [0.15, 0.2) is 0 Å². The van der Waals surface area contributed by atoms with Crippen molar-refractivity contribution in [3.05, 3.63) is 87.7 Å². The number of carboxylic acids is 1. The summed E-state index contributed by atoms with van der Waals surface area (Å²) in [5, 5.41) is 13.1. The summed E-state index contributed by atoms with van der Waals surface area (Å²) in [6.07, 6.45) is -4.87. The summed E-state index contributed by atoms with van der Waals surface area (Å²) in [4.78, 5) is 24.9. The predicted octanol–water partition coefficient (Wildman–Crippen LogP) is 7.02. The zero-order valence-corrected chi connectivity index (χ0v) is 19.1. The zero-order chi connectivity index (χ0) is 25.7. The van der Waals surface area contributed by atoms with E-state index in [1.807, 2.05) is 0 Å². The monoisotopic (exact) mass is 504 g/mol. The van der Waals surface area contributed by atoms with Crippen LogP contribution in [-0.2, 0) is 6.18 Å². The first kappa shape index (κ1) is 24.4. The molecule has 35 heavy (non-hydrogen) atoms. The molecule has 0 spiro atoms. The van der Waals surface area contributed by atoms with E-state index in [4.69, 9.17) is 11.6 Å². The van der Waals surface area contributed by atoms with Gasteiger partial charge in [-0.1, -0.05) is 43.6 Å². The number of aromatic nitrogens is 2. The van der Waals surface area contributed by atoms with Crippen LogP contribution in [0.25, 0.3) is 22.2 Å². The van der Waals surface area contributed by atoms with Gasteiger partial charge in [0.05, 0.1) is 32.6 Å². The molecule has 180 valence electrons. The number of carbonyl (C=O) groups is 2. The molecule has 4 aromatic rings. The van der Waals surface area contributed by atoms with Crippen molar-refractivity contribution in [1.82, 2.24) is 9.78 Å². The molecule has 0 amide bonds. The third-order valence-corrected chi connectivity index (χ3v) is 5.87. The molecule has 0 fully saturated rings. The van der Waals surface area contributed by atoms with Gasteiger partial charge in [-0.25, -0.2) is 9.18 Å². The number of hydrogen-bond acceptors (Lipinski definition) is 3. The second-order valence-electron chi connectivity index (χ2n) is 8.12. The normalized spacial score (nSPS) is 11.9. The Balaban J connectivity index is 2.00. The molecule has 0 bridgehead atoms. The number of carboxylic acid groups (broad SMARTS) is 1. The summed E-state index contributed by atoms with van der Waals surface area (Å²) >= 11 is 6.00. The molecule has 0 saturated carbocycles. The topological polar surface area (TPSA) is 72.2 Å². The van der Waals surface area contributed by atoms with Crippen molar-refractivity contribution >= 4 is 34.4 Å².